The van der Waals surface area contributed by atoms with Crippen molar-refractivity contribution in [3.8, 4) is 5.75 Å². The molecule has 3 aliphatic rings. The second kappa shape index (κ2) is 12.1. The Labute approximate surface area is 203 Å². The Balaban J connectivity index is 0.00000160. The van der Waals surface area contributed by atoms with Crippen LogP contribution in [0.5, 0.6) is 5.75 Å². The topological polar surface area (TPSA) is 53.1 Å². The lowest BCUT2D eigenvalue weighted by Gasteiger charge is -2.39. The summed E-state index contributed by atoms with van der Waals surface area (Å²) in [6.45, 7) is 5.00. The van der Waals surface area contributed by atoms with E-state index in [1.807, 2.05) is 18.2 Å². The molecular formula is C22H34Cl3N3O3. The molecule has 1 spiro atoms. The minimum atomic E-state index is -0.00890. The van der Waals surface area contributed by atoms with Crippen molar-refractivity contribution >= 4 is 54.7 Å². The predicted molar refractivity (Wildman–Crippen MR) is 130 cm³/mol. The van der Waals surface area contributed by atoms with E-state index in [1.54, 1.807) is 7.11 Å². The summed E-state index contributed by atoms with van der Waals surface area (Å²) < 4.78 is 5.48. The molecule has 2 aliphatic heterocycles. The summed E-state index contributed by atoms with van der Waals surface area (Å²) in [5.41, 5.74) is 1.12. The second-order valence-electron chi connectivity index (χ2n) is 8.50. The normalized spacial score (nSPS) is 20.7. The first kappa shape index (κ1) is 27.8. The van der Waals surface area contributed by atoms with Crippen LogP contribution in [-0.2, 0) is 9.59 Å². The number of amides is 2. The molecule has 0 bridgehead atoms. The fourth-order valence-corrected chi connectivity index (χ4v) is 5.11. The number of carbonyl (C=O) groups is 2. The Morgan fingerprint density at radius 3 is 2.03 bits per heavy atom. The van der Waals surface area contributed by atoms with Crippen LogP contribution in [0.1, 0.15) is 38.5 Å². The number of hydrogen-bond donors (Lipinski definition) is 0. The molecule has 2 amide bonds. The molecule has 3 fully saturated rings. The van der Waals surface area contributed by atoms with Crippen LogP contribution in [-0.4, -0.2) is 68.0 Å². The first-order valence-electron chi connectivity index (χ1n) is 10.5. The van der Waals surface area contributed by atoms with Crippen LogP contribution in [0.4, 0.5) is 5.69 Å². The van der Waals surface area contributed by atoms with E-state index >= 15 is 0 Å². The van der Waals surface area contributed by atoms with Crippen LogP contribution in [0.3, 0.4) is 0 Å². The molecule has 31 heavy (non-hydrogen) atoms. The predicted octanol–water partition coefficient (Wildman–Crippen LogP) is 3.79. The Morgan fingerprint density at radius 1 is 0.871 bits per heavy atom. The summed E-state index contributed by atoms with van der Waals surface area (Å²) in [4.78, 5) is 31.4. The maximum Gasteiger partial charge on any atom is 0.229 e. The number of ether oxygens (including phenoxy) is 1. The van der Waals surface area contributed by atoms with E-state index < -0.39 is 0 Å². The number of halogens is 3. The number of piperidine rings is 1. The van der Waals surface area contributed by atoms with Crippen LogP contribution in [0.25, 0.3) is 0 Å². The summed E-state index contributed by atoms with van der Waals surface area (Å²) in [7, 11) is 1.71. The van der Waals surface area contributed by atoms with Gasteiger partial charge < -0.3 is 9.64 Å². The zero-order valence-electron chi connectivity index (χ0n) is 18.1. The summed E-state index contributed by atoms with van der Waals surface area (Å²) in [5, 5.41) is 0. The second-order valence-corrected chi connectivity index (χ2v) is 8.50. The van der Waals surface area contributed by atoms with Crippen molar-refractivity contribution in [2.75, 3.05) is 51.3 Å². The SMILES string of the molecule is COc1ccccc1N1CCN(CCN2C(=O)CC3(CCCC3)CC2=O)CC1.Cl.Cl.Cl. The molecule has 2 heterocycles. The van der Waals surface area contributed by atoms with Crippen molar-refractivity contribution in [1.29, 1.82) is 0 Å². The fourth-order valence-electron chi connectivity index (χ4n) is 5.11. The number of piperazine rings is 1. The van der Waals surface area contributed by atoms with E-state index in [4.69, 9.17) is 4.74 Å². The highest BCUT2D eigenvalue weighted by atomic mass is 35.5. The van der Waals surface area contributed by atoms with Gasteiger partial charge in [-0.15, -0.1) is 37.2 Å². The fraction of sp³-hybridized carbons (Fsp3) is 0.636. The number of likely N-dealkylation sites (tertiary alicyclic amines) is 1. The molecule has 176 valence electrons. The van der Waals surface area contributed by atoms with Crippen LogP contribution < -0.4 is 9.64 Å². The van der Waals surface area contributed by atoms with Crippen LogP contribution in [0, 0.1) is 5.41 Å². The summed E-state index contributed by atoms with van der Waals surface area (Å²) in [6.07, 6.45) is 5.56. The molecule has 1 aliphatic carbocycles. The van der Waals surface area contributed by atoms with Gasteiger partial charge in [0.1, 0.15) is 5.75 Å². The van der Waals surface area contributed by atoms with Gasteiger partial charge in [0.2, 0.25) is 11.8 Å². The van der Waals surface area contributed by atoms with Crippen LogP contribution >= 0.6 is 37.2 Å². The lowest BCUT2D eigenvalue weighted by atomic mass is 9.76. The minimum Gasteiger partial charge on any atom is -0.495 e. The van der Waals surface area contributed by atoms with E-state index in [-0.39, 0.29) is 54.5 Å². The van der Waals surface area contributed by atoms with Crippen LogP contribution in [0.2, 0.25) is 0 Å². The monoisotopic (exact) mass is 493 g/mol. The van der Waals surface area contributed by atoms with E-state index in [2.05, 4.69) is 15.9 Å². The number of anilines is 1. The first-order chi connectivity index (χ1) is 13.6. The van der Waals surface area contributed by atoms with Crippen molar-refractivity contribution in [2.45, 2.75) is 38.5 Å². The number of benzene rings is 1. The zero-order chi connectivity index (χ0) is 19.6. The number of nitrogens with zero attached hydrogens (tertiary/aromatic N) is 3. The highest BCUT2D eigenvalue weighted by molar-refractivity contribution is 5.98. The average molecular weight is 495 g/mol. The summed E-state index contributed by atoms with van der Waals surface area (Å²) in [6, 6.07) is 8.11. The Hall–Kier alpha value is -1.21. The number of methoxy groups -OCH3 is 1. The quantitative estimate of drug-likeness (QED) is 0.583. The molecule has 0 unspecified atom stereocenters. The van der Waals surface area contributed by atoms with Gasteiger partial charge in [0.05, 0.1) is 12.8 Å². The third kappa shape index (κ3) is 6.19. The molecule has 4 rings (SSSR count). The van der Waals surface area contributed by atoms with Crippen molar-refractivity contribution < 1.29 is 14.3 Å². The molecule has 0 N–H and O–H groups in total. The lowest BCUT2D eigenvalue weighted by Crippen LogP contribution is -2.52. The van der Waals surface area contributed by atoms with Gasteiger partial charge in [-0.3, -0.25) is 19.4 Å². The number of hydrogen-bond acceptors (Lipinski definition) is 5. The number of imide groups is 1. The molecule has 9 heteroatoms. The van der Waals surface area contributed by atoms with E-state index in [0.29, 0.717) is 19.4 Å². The van der Waals surface area contributed by atoms with Gasteiger partial charge in [0, 0.05) is 52.1 Å². The smallest absolute Gasteiger partial charge is 0.229 e. The average Bonchev–Trinajstić information content (AvgIpc) is 3.15. The molecule has 1 aromatic carbocycles. The van der Waals surface area contributed by atoms with Crippen molar-refractivity contribution in [2.24, 2.45) is 5.41 Å². The Kier molecular flexibility index (Phi) is 10.9. The Bertz CT molecular complexity index is 716. The third-order valence-corrected chi connectivity index (χ3v) is 6.76. The zero-order valence-corrected chi connectivity index (χ0v) is 20.5. The molecule has 6 nitrogen and oxygen atoms in total. The van der Waals surface area contributed by atoms with Gasteiger partial charge in [0.25, 0.3) is 0 Å². The molecule has 0 radical (unpaired) electrons. The van der Waals surface area contributed by atoms with Crippen LogP contribution in [0.15, 0.2) is 24.3 Å². The molecule has 2 saturated heterocycles. The van der Waals surface area contributed by atoms with Gasteiger partial charge in [-0.1, -0.05) is 25.0 Å². The first-order valence-corrected chi connectivity index (χ1v) is 10.5. The van der Waals surface area contributed by atoms with Crippen molar-refractivity contribution in [1.82, 2.24) is 9.80 Å². The minimum absolute atomic E-state index is 0. The van der Waals surface area contributed by atoms with Gasteiger partial charge in [-0.2, -0.15) is 0 Å². The largest absolute Gasteiger partial charge is 0.495 e. The van der Waals surface area contributed by atoms with Crippen molar-refractivity contribution in [3.05, 3.63) is 24.3 Å². The van der Waals surface area contributed by atoms with Gasteiger partial charge in [0.15, 0.2) is 0 Å². The highest BCUT2D eigenvalue weighted by Crippen LogP contribution is 2.46. The number of para-hydroxylation sites is 2. The Morgan fingerprint density at radius 2 is 1.45 bits per heavy atom. The number of rotatable bonds is 5. The standard InChI is InChI=1S/C22H31N3O3.3ClH/c1-28-19-7-3-2-6-18(19)24-13-10-23(11-14-24)12-15-25-20(26)16-22(17-21(25)27)8-4-5-9-22;;;/h2-3,6-7H,4-5,8-17H2,1H3;3*1H. The maximum atomic E-state index is 12.6. The van der Waals surface area contributed by atoms with E-state index in [0.717, 1.165) is 69.8 Å². The molecular weight excluding hydrogens is 461 g/mol. The van der Waals surface area contributed by atoms with Gasteiger partial charge >= 0.3 is 0 Å². The number of carbonyl (C=O) groups excluding carboxylic acids is 2. The molecule has 1 aromatic rings. The van der Waals surface area contributed by atoms with E-state index in [1.165, 1.54) is 4.90 Å². The third-order valence-electron chi connectivity index (χ3n) is 6.76. The molecule has 0 atom stereocenters. The highest BCUT2D eigenvalue weighted by Gasteiger charge is 2.44. The summed E-state index contributed by atoms with van der Waals surface area (Å²) in [5.74, 6) is 0.998. The maximum absolute atomic E-state index is 12.6. The van der Waals surface area contributed by atoms with Crippen molar-refractivity contribution in [3.63, 3.8) is 0 Å². The van der Waals surface area contributed by atoms with Gasteiger partial charge in [-0.25, -0.2) is 0 Å². The summed E-state index contributed by atoms with van der Waals surface area (Å²) >= 11 is 0. The molecule has 0 aromatic heterocycles. The van der Waals surface area contributed by atoms with E-state index in [9.17, 15) is 9.59 Å². The van der Waals surface area contributed by atoms with Gasteiger partial charge in [-0.05, 0) is 30.4 Å². The molecule has 1 saturated carbocycles. The lowest BCUT2D eigenvalue weighted by molar-refractivity contribution is -0.153.